The molecule has 88 valence electrons. The molecule has 2 N–H and O–H groups in total. The highest BCUT2D eigenvalue weighted by molar-refractivity contribution is 6.33. The summed E-state index contributed by atoms with van der Waals surface area (Å²) in [5.41, 5.74) is 0.671. The van der Waals surface area contributed by atoms with Crippen molar-refractivity contribution in [2.45, 2.75) is 19.8 Å². The van der Waals surface area contributed by atoms with Crippen LogP contribution in [0.2, 0.25) is 5.02 Å². The summed E-state index contributed by atoms with van der Waals surface area (Å²) in [7, 11) is 0. The third kappa shape index (κ3) is 4.64. The number of amides is 1. The Balaban J connectivity index is 2.32. The lowest BCUT2D eigenvalue weighted by atomic mass is 10.3. The van der Waals surface area contributed by atoms with E-state index in [9.17, 15) is 4.79 Å². The van der Waals surface area contributed by atoms with Crippen LogP contribution in [0.3, 0.4) is 0 Å². The quantitative estimate of drug-likeness (QED) is 0.751. The molecule has 0 unspecified atom stereocenters. The first-order valence-electron chi connectivity index (χ1n) is 5.49. The predicted octanol–water partition coefficient (Wildman–Crippen LogP) is 2.67. The monoisotopic (exact) mass is 240 g/mol. The maximum atomic E-state index is 11.5. The Hall–Kier alpha value is -1.06. The van der Waals surface area contributed by atoms with Gasteiger partial charge in [0.05, 0.1) is 10.7 Å². The van der Waals surface area contributed by atoms with Gasteiger partial charge in [0, 0.05) is 13.0 Å². The van der Waals surface area contributed by atoms with Crippen molar-refractivity contribution in [1.29, 1.82) is 0 Å². The number of rotatable bonds is 6. The molecule has 0 aromatic heterocycles. The fourth-order valence-electron chi connectivity index (χ4n) is 1.28. The van der Waals surface area contributed by atoms with Crippen LogP contribution in [0.1, 0.15) is 19.8 Å². The molecule has 0 bridgehead atoms. The van der Waals surface area contributed by atoms with E-state index in [4.69, 9.17) is 11.6 Å². The topological polar surface area (TPSA) is 41.1 Å². The zero-order chi connectivity index (χ0) is 11.8. The summed E-state index contributed by atoms with van der Waals surface area (Å²) in [4.78, 5) is 11.5. The van der Waals surface area contributed by atoms with Gasteiger partial charge in [-0.25, -0.2) is 0 Å². The lowest BCUT2D eigenvalue weighted by Crippen LogP contribution is -2.22. The lowest BCUT2D eigenvalue weighted by Gasteiger charge is -2.07. The lowest BCUT2D eigenvalue weighted by molar-refractivity contribution is -0.116. The highest BCUT2D eigenvalue weighted by Gasteiger charge is 2.04. The SMILES string of the molecule is CCCNCCC(=O)Nc1ccccc1Cl. The number of halogens is 1. The smallest absolute Gasteiger partial charge is 0.225 e. The van der Waals surface area contributed by atoms with Gasteiger partial charge in [-0.15, -0.1) is 0 Å². The average Bonchev–Trinajstić information content (AvgIpc) is 2.28. The van der Waals surface area contributed by atoms with E-state index in [2.05, 4.69) is 17.6 Å². The van der Waals surface area contributed by atoms with E-state index in [1.54, 1.807) is 12.1 Å². The van der Waals surface area contributed by atoms with Crippen LogP contribution in [0, 0.1) is 0 Å². The van der Waals surface area contributed by atoms with Crippen LogP contribution in [-0.2, 0) is 4.79 Å². The molecule has 0 heterocycles. The van der Waals surface area contributed by atoms with E-state index in [-0.39, 0.29) is 5.91 Å². The summed E-state index contributed by atoms with van der Waals surface area (Å²) in [5.74, 6) is -0.0169. The van der Waals surface area contributed by atoms with Gasteiger partial charge in [0.1, 0.15) is 0 Å². The van der Waals surface area contributed by atoms with E-state index in [0.29, 0.717) is 23.7 Å². The summed E-state index contributed by atoms with van der Waals surface area (Å²) in [5, 5.41) is 6.52. The fraction of sp³-hybridized carbons (Fsp3) is 0.417. The number of hydrogen-bond acceptors (Lipinski definition) is 2. The fourth-order valence-corrected chi connectivity index (χ4v) is 1.46. The Morgan fingerprint density at radius 2 is 2.06 bits per heavy atom. The Morgan fingerprint density at radius 3 is 2.75 bits per heavy atom. The van der Waals surface area contributed by atoms with Gasteiger partial charge in [0.2, 0.25) is 5.91 Å². The minimum atomic E-state index is -0.0169. The summed E-state index contributed by atoms with van der Waals surface area (Å²) < 4.78 is 0. The molecule has 0 fully saturated rings. The third-order valence-corrected chi connectivity index (χ3v) is 2.43. The van der Waals surface area contributed by atoms with Crippen LogP contribution < -0.4 is 10.6 Å². The molecule has 0 aliphatic heterocycles. The number of para-hydroxylation sites is 1. The van der Waals surface area contributed by atoms with Crippen LogP contribution in [0.5, 0.6) is 0 Å². The molecule has 3 nitrogen and oxygen atoms in total. The van der Waals surface area contributed by atoms with Gasteiger partial charge < -0.3 is 10.6 Å². The zero-order valence-electron chi connectivity index (χ0n) is 9.42. The van der Waals surface area contributed by atoms with E-state index < -0.39 is 0 Å². The maximum Gasteiger partial charge on any atom is 0.225 e. The van der Waals surface area contributed by atoms with Crippen molar-refractivity contribution in [1.82, 2.24) is 5.32 Å². The van der Waals surface area contributed by atoms with Crippen LogP contribution in [0.4, 0.5) is 5.69 Å². The number of carbonyl (C=O) groups excluding carboxylic acids is 1. The van der Waals surface area contributed by atoms with Crippen molar-refractivity contribution < 1.29 is 4.79 Å². The summed E-state index contributed by atoms with van der Waals surface area (Å²) >= 11 is 5.92. The molecule has 0 radical (unpaired) electrons. The highest BCUT2D eigenvalue weighted by Crippen LogP contribution is 2.20. The van der Waals surface area contributed by atoms with Crippen LogP contribution >= 0.6 is 11.6 Å². The standard InChI is InChI=1S/C12H17ClN2O/c1-2-8-14-9-7-12(16)15-11-6-4-3-5-10(11)13/h3-6,14H,2,7-9H2,1H3,(H,15,16). The molecule has 0 saturated heterocycles. The van der Waals surface area contributed by atoms with Crippen molar-refractivity contribution in [2.24, 2.45) is 0 Å². The number of carbonyl (C=O) groups is 1. The summed E-state index contributed by atoms with van der Waals surface area (Å²) in [6.45, 7) is 3.74. The van der Waals surface area contributed by atoms with Gasteiger partial charge in [-0.3, -0.25) is 4.79 Å². The van der Waals surface area contributed by atoms with Gasteiger partial charge in [0.15, 0.2) is 0 Å². The van der Waals surface area contributed by atoms with E-state index in [1.165, 1.54) is 0 Å². The number of anilines is 1. The Labute approximate surface area is 101 Å². The van der Waals surface area contributed by atoms with Gasteiger partial charge in [-0.1, -0.05) is 30.7 Å². The van der Waals surface area contributed by atoms with Crippen molar-refractivity contribution in [2.75, 3.05) is 18.4 Å². The van der Waals surface area contributed by atoms with E-state index in [0.717, 1.165) is 13.0 Å². The highest BCUT2D eigenvalue weighted by atomic mass is 35.5. The second-order valence-corrected chi connectivity index (χ2v) is 3.94. The van der Waals surface area contributed by atoms with Crippen molar-refractivity contribution >= 4 is 23.2 Å². The molecular weight excluding hydrogens is 224 g/mol. The second-order valence-electron chi connectivity index (χ2n) is 3.53. The molecule has 1 aromatic carbocycles. The summed E-state index contributed by atoms with van der Waals surface area (Å²) in [6, 6.07) is 7.23. The van der Waals surface area contributed by atoms with Crippen molar-refractivity contribution in [3.8, 4) is 0 Å². The molecule has 0 aliphatic rings. The Kier molecular flexibility index (Phi) is 5.90. The van der Waals surface area contributed by atoms with Crippen LogP contribution in [0.25, 0.3) is 0 Å². The zero-order valence-corrected chi connectivity index (χ0v) is 10.2. The molecule has 0 atom stereocenters. The third-order valence-electron chi connectivity index (χ3n) is 2.10. The van der Waals surface area contributed by atoms with Crippen molar-refractivity contribution in [3.05, 3.63) is 29.3 Å². The molecule has 16 heavy (non-hydrogen) atoms. The molecule has 0 aliphatic carbocycles. The normalized spacial score (nSPS) is 10.1. The number of benzene rings is 1. The summed E-state index contributed by atoms with van der Waals surface area (Å²) in [6.07, 6.45) is 1.54. The molecular formula is C12H17ClN2O. The van der Waals surface area contributed by atoms with Gasteiger partial charge >= 0.3 is 0 Å². The molecule has 1 amide bonds. The van der Waals surface area contributed by atoms with E-state index >= 15 is 0 Å². The van der Waals surface area contributed by atoms with Gasteiger partial charge in [-0.2, -0.15) is 0 Å². The molecule has 4 heteroatoms. The Bertz CT molecular complexity index is 342. The largest absolute Gasteiger partial charge is 0.325 e. The second kappa shape index (κ2) is 7.25. The van der Waals surface area contributed by atoms with Gasteiger partial charge in [0.25, 0.3) is 0 Å². The minimum Gasteiger partial charge on any atom is -0.325 e. The molecule has 0 saturated carbocycles. The molecule has 0 spiro atoms. The first kappa shape index (κ1) is 13.0. The first-order valence-corrected chi connectivity index (χ1v) is 5.87. The van der Waals surface area contributed by atoms with Crippen molar-refractivity contribution in [3.63, 3.8) is 0 Å². The Morgan fingerprint density at radius 1 is 1.31 bits per heavy atom. The molecule has 1 aromatic rings. The molecule has 1 rings (SSSR count). The number of hydrogen-bond donors (Lipinski definition) is 2. The van der Waals surface area contributed by atoms with E-state index in [1.807, 2.05) is 12.1 Å². The van der Waals surface area contributed by atoms with Crippen LogP contribution in [-0.4, -0.2) is 19.0 Å². The predicted molar refractivity (Wildman–Crippen MR) is 67.9 cm³/mol. The number of nitrogens with one attached hydrogen (secondary N) is 2. The van der Waals surface area contributed by atoms with Gasteiger partial charge in [-0.05, 0) is 25.1 Å². The minimum absolute atomic E-state index is 0.0169. The average molecular weight is 241 g/mol. The first-order chi connectivity index (χ1) is 7.74. The maximum absolute atomic E-state index is 11.5. The van der Waals surface area contributed by atoms with Crippen LogP contribution in [0.15, 0.2) is 24.3 Å².